The topological polar surface area (TPSA) is 64.0 Å². The van der Waals surface area contributed by atoms with Crippen molar-refractivity contribution in [1.29, 1.82) is 0 Å². The predicted molar refractivity (Wildman–Crippen MR) is 76.7 cm³/mol. The van der Waals surface area contributed by atoms with Gasteiger partial charge in [0.05, 0.1) is 6.33 Å². The van der Waals surface area contributed by atoms with Crippen molar-refractivity contribution < 1.29 is 9.18 Å². The van der Waals surface area contributed by atoms with Crippen molar-refractivity contribution in [2.45, 2.75) is 20.4 Å². The van der Waals surface area contributed by atoms with Crippen molar-refractivity contribution in [3.05, 3.63) is 63.6 Å². The number of nitrogens with one attached hydrogen (secondary N) is 1. The molecule has 0 saturated carbocycles. The van der Waals surface area contributed by atoms with Gasteiger partial charge in [-0.3, -0.25) is 14.2 Å². The predicted octanol–water partition coefficient (Wildman–Crippen LogP) is 1.43. The van der Waals surface area contributed by atoms with E-state index >= 15 is 0 Å². The van der Waals surface area contributed by atoms with Crippen molar-refractivity contribution in [2.75, 3.05) is 6.54 Å². The summed E-state index contributed by atoms with van der Waals surface area (Å²) in [6.07, 6.45) is 1.46. The smallest absolute Gasteiger partial charge is 0.256 e. The fraction of sp³-hybridized carbons (Fsp3) is 0.267. The molecule has 1 aromatic heterocycles. The average molecular weight is 289 g/mol. The van der Waals surface area contributed by atoms with Gasteiger partial charge in [-0.2, -0.15) is 0 Å². The molecule has 110 valence electrons. The molecule has 2 aromatic rings. The van der Waals surface area contributed by atoms with Crippen LogP contribution < -0.4 is 10.9 Å². The fourth-order valence-corrected chi connectivity index (χ4v) is 1.86. The lowest BCUT2D eigenvalue weighted by atomic mass is 10.2. The third-order valence-corrected chi connectivity index (χ3v) is 3.24. The molecule has 0 fully saturated rings. The van der Waals surface area contributed by atoms with Crippen LogP contribution in [0.3, 0.4) is 0 Å². The first-order valence-electron chi connectivity index (χ1n) is 6.55. The molecule has 0 aliphatic carbocycles. The average Bonchev–Trinajstić information content (AvgIpc) is 2.47. The number of nitrogens with zero attached hydrogens (tertiary/aromatic N) is 2. The van der Waals surface area contributed by atoms with E-state index in [4.69, 9.17) is 0 Å². The lowest BCUT2D eigenvalue weighted by molar-refractivity contribution is 0.0951. The Balaban J connectivity index is 1.97. The van der Waals surface area contributed by atoms with E-state index in [1.807, 2.05) is 0 Å². The quantitative estimate of drug-likeness (QED) is 0.926. The van der Waals surface area contributed by atoms with Gasteiger partial charge in [-0.15, -0.1) is 0 Å². The van der Waals surface area contributed by atoms with Gasteiger partial charge in [0.25, 0.3) is 11.5 Å². The molecule has 1 aromatic carbocycles. The van der Waals surface area contributed by atoms with E-state index < -0.39 is 5.82 Å². The van der Waals surface area contributed by atoms with Crippen LogP contribution in [0.1, 0.15) is 21.6 Å². The highest BCUT2D eigenvalue weighted by Gasteiger charge is 2.07. The van der Waals surface area contributed by atoms with Gasteiger partial charge in [-0.25, -0.2) is 9.37 Å². The van der Waals surface area contributed by atoms with Crippen LogP contribution in [0, 0.1) is 19.7 Å². The van der Waals surface area contributed by atoms with Gasteiger partial charge in [0, 0.05) is 29.9 Å². The molecule has 0 aliphatic rings. The summed E-state index contributed by atoms with van der Waals surface area (Å²) in [6, 6.07) is 5.44. The van der Waals surface area contributed by atoms with E-state index in [2.05, 4.69) is 10.3 Å². The molecule has 1 heterocycles. The largest absolute Gasteiger partial charge is 0.350 e. The molecule has 6 heteroatoms. The van der Waals surface area contributed by atoms with Gasteiger partial charge in [0.15, 0.2) is 0 Å². The summed E-state index contributed by atoms with van der Waals surface area (Å²) in [5, 5.41) is 2.64. The number of aryl methyl sites for hydroxylation is 1. The van der Waals surface area contributed by atoms with E-state index in [0.717, 1.165) is 0 Å². The molecule has 0 radical (unpaired) electrons. The van der Waals surface area contributed by atoms with Gasteiger partial charge in [0.2, 0.25) is 0 Å². The third-order valence-electron chi connectivity index (χ3n) is 3.24. The van der Waals surface area contributed by atoms with Crippen LogP contribution in [0.15, 0.2) is 35.4 Å². The Morgan fingerprint density at radius 1 is 1.38 bits per heavy atom. The highest BCUT2D eigenvalue weighted by Crippen LogP contribution is 2.03. The first kappa shape index (κ1) is 14.9. The molecular weight excluding hydrogens is 273 g/mol. The van der Waals surface area contributed by atoms with E-state index in [1.165, 1.54) is 35.2 Å². The van der Waals surface area contributed by atoms with E-state index in [-0.39, 0.29) is 23.6 Å². The Kier molecular flexibility index (Phi) is 4.47. The van der Waals surface area contributed by atoms with Crippen molar-refractivity contribution in [3.8, 4) is 0 Å². The summed E-state index contributed by atoms with van der Waals surface area (Å²) in [5.41, 5.74) is 1.41. The van der Waals surface area contributed by atoms with Crippen LogP contribution in [0.4, 0.5) is 4.39 Å². The Bertz CT molecular complexity index is 725. The molecule has 0 atom stereocenters. The van der Waals surface area contributed by atoms with Crippen molar-refractivity contribution in [3.63, 3.8) is 0 Å². The molecule has 0 bridgehead atoms. The van der Waals surface area contributed by atoms with E-state index in [0.29, 0.717) is 17.8 Å². The summed E-state index contributed by atoms with van der Waals surface area (Å²) in [6.45, 7) is 4.06. The second-order valence-electron chi connectivity index (χ2n) is 4.72. The Hall–Kier alpha value is -2.50. The molecule has 2 rings (SSSR count). The van der Waals surface area contributed by atoms with E-state index in [9.17, 15) is 14.0 Å². The van der Waals surface area contributed by atoms with Crippen molar-refractivity contribution in [2.24, 2.45) is 0 Å². The molecule has 5 nitrogen and oxygen atoms in total. The standard InChI is InChI=1S/C15H16FN3O2/c1-10-11(2)18-9-19(15(10)21)7-6-17-14(20)12-4-3-5-13(16)8-12/h3-5,8-9H,6-7H2,1-2H3,(H,17,20). The molecule has 0 aliphatic heterocycles. The van der Waals surface area contributed by atoms with Crippen LogP contribution >= 0.6 is 0 Å². The van der Waals surface area contributed by atoms with Gasteiger partial charge in [-0.05, 0) is 32.0 Å². The molecule has 1 N–H and O–H groups in total. The monoisotopic (exact) mass is 289 g/mol. The summed E-state index contributed by atoms with van der Waals surface area (Å²) >= 11 is 0. The maximum Gasteiger partial charge on any atom is 0.256 e. The van der Waals surface area contributed by atoms with Crippen LogP contribution in [-0.2, 0) is 6.54 Å². The summed E-state index contributed by atoms with van der Waals surface area (Å²) in [4.78, 5) is 27.9. The molecule has 21 heavy (non-hydrogen) atoms. The Labute approximate surface area is 121 Å². The normalized spacial score (nSPS) is 10.4. The number of amides is 1. The minimum Gasteiger partial charge on any atom is -0.350 e. The molecular formula is C15H16FN3O2. The number of benzene rings is 1. The van der Waals surface area contributed by atoms with Crippen LogP contribution in [0.2, 0.25) is 0 Å². The molecule has 0 saturated heterocycles. The number of hydrogen-bond acceptors (Lipinski definition) is 3. The minimum atomic E-state index is -0.461. The van der Waals surface area contributed by atoms with Crippen LogP contribution in [-0.4, -0.2) is 22.0 Å². The minimum absolute atomic E-state index is 0.123. The zero-order valence-corrected chi connectivity index (χ0v) is 11.9. The van der Waals surface area contributed by atoms with Gasteiger partial charge < -0.3 is 5.32 Å². The number of halogens is 1. The first-order valence-corrected chi connectivity index (χ1v) is 6.55. The molecule has 1 amide bonds. The lowest BCUT2D eigenvalue weighted by Crippen LogP contribution is -2.32. The fourth-order valence-electron chi connectivity index (χ4n) is 1.86. The van der Waals surface area contributed by atoms with Gasteiger partial charge >= 0.3 is 0 Å². The summed E-state index contributed by atoms with van der Waals surface area (Å²) in [5.74, 6) is -0.837. The van der Waals surface area contributed by atoms with E-state index in [1.54, 1.807) is 13.8 Å². The van der Waals surface area contributed by atoms with Crippen LogP contribution in [0.5, 0.6) is 0 Å². The summed E-state index contributed by atoms with van der Waals surface area (Å²) < 4.78 is 14.5. The Morgan fingerprint density at radius 2 is 2.14 bits per heavy atom. The SMILES string of the molecule is Cc1ncn(CCNC(=O)c2cccc(F)c2)c(=O)c1C. The second-order valence-corrected chi connectivity index (χ2v) is 4.72. The second kappa shape index (κ2) is 6.30. The number of aromatic nitrogens is 2. The highest BCUT2D eigenvalue weighted by atomic mass is 19.1. The number of rotatable bonds is 4. The Morgan fingerprint density at radius 3 is 2.86 bits per heavy atom. The number of carbonyl (C=O) groups excluding carboxylic acids is 1. The maximum atomic E-state index is 13.0. The maximum absolute atomic E-state index is 13.0. The van der Waals surface area contributed by atoms with Crippen molar-refractivity contribution in [1.82, 2.24) is 14.9 Å². The highest BCUT2D eigenvalue weighted by molar-refractivity contribution is 5.94. The number of hydrogen-bond donors (Lipinski definition) is 1. The van der Waals surface area contributed by atoms with Crippen LogP contribution in [0.25, 0.3) is 0 Å². The third kappa shape index (κ3) is 3.53. The van der Waals surface area contributed by atoms with Gasteiger partial charge in [-0.1, -0.05) is 6.07 Å². The van der Waals surface area contributed by atoms with Gasteiger partial charge in [0.1, 0.15) is 5.82 Å². The van der Waals surface area contributed by atoms with Crippen molar-refractivity contribution >= 4 is 5.91 Å². The summed E-state index contributed by atoms with van der Waals surface area (Å²) in [7, 11) is 0. The first-order chi connectivity index (χ1) is 9.99. The lowest BCUT2D eigenvalue weighted by Gasteiger charge is -2.09. The molecule has 0 unspecified atom stereocenters. The zero-order valence-electron chi connectivity index (χ0n) is 11.9. The zero-order chi connectivity index (χ0) is 15.4. The molecule has 0 spiro atoms. The number of carbonyl (C=O) groups is 1.